The number of nitrogens with zero attached hydrogens (tertiary/aromatic N) is 2. The van der Waals surface area contributed by atoms with Crippen molar-refractivity contribution in [2.75, 3.05) is 6.61 Å². The number of aryl methyl sites for hydroxylation is 1. The molecule has 3 aromatic rings. The summed E-state index contributed by atoms with van der Waals surface area (Å²) in [7, 11) is 0. The van der Waals surface area contributed by atoms with Crippen molar-refractivity contribution in [1.82, 2.24) is 15.2 Å². The van der Waals surface area contributed by atoms with Gasteiger partial charge in [-0.15, -0.1) is 0 Å². The highest BCUT2D eigenvalue weighted by molar-refractivity contribution is 5.87. The van der Waals surface area contributed by atoms with Crippen LogP contribution in [-0.2, 0) is 12.8 Å². The number of ether oxygens (including phenoxy) is 1. The molecule has 2 aromatic heterocycles. The lowest BCUT2D eigenvalue weighted by molar-refractivity contribution is 0.0696. The van der Waals surface area contributed by atoms with Gasteiger partial charge in [0.2, 0.25) is 0 Å². The van der Waals surface area contributed by atoms with Crippen LogP contribution in [0.4, 0.5) is 0 Å². The summed E-state index contributed by atoms with van der Waals surface area (Å²) in [5.74, 6) is 0.0537. The molecule has 0 fully saturated rings. The Balaban J connectivity index is 1.60. The van der Waals surface area contributed by atoms with Crippen molar-refractivity contribution < 1.29 is 14.6 Å². The van der Waals surface area contributed by atoms with Gasteiger partial charge in [0.1, 0.15) is 5.75 Å². The summed E-state index contributed by atoms with van der Waals surface area (Å²) < 4.78 is 5.86. The summed E-state index contributed by atoms with van der Waals surface area (Å²) in [5.41, 5.74) is 4.25. The van der Waals surface area contributed by atoms with Gasteiger partial charge in [0.05, 0.1) is 29.8 Å². The van der Waals surface area contributed by atoms with Crippen molar-refractivity contribution in [3.05, 3.63) is 65.5 Å². The van der Waals surface area contributed by atoms with Gasteiger partial charge < -0.3 is 9.84 Å². The maximum atomic E-state index is 11.2. The number of H-pyrrole nitrogens is 1. The van der Waals surface area contributed by atoms with Gasteiger partial charge in [-0.2, -0.15) is 5.10 Å². The van der Waals surface area contributed by atoms with Crippen LogP contribution >= 0.6 is 0 Å². The van der Waals surface area contributed by atoms with Gasteiger partial charge in [-0.25, -0.2) is 4.79 Å². The zero-order valence-electron chi connectivity index (χ0n) is 15.5. The van der Waals surface area contributed by atoms with Crippen molar-refractivity contribution in [1.29, 1.82) is 0 Å². The molecule has 0 spiro atoms. The van der Waals surface area contributed by atoms with E-state index in [0.717, 1.165) is 29.8 Å². The predicted molar refractivity (Wildman–Crippen MR) is 103 cm³/mol. The summed E-state index contributed by atoms with van der Waals surface area (Å²) in [6.07, 6.45) is 5.03. The van der Waals surface area contributed by atoms with Gasteiger partial charge in [0.25, 0.3) is 0 Å². The van der Waals surface area contributed by atoms with E-state index in [4.69, 9.17) is 4.74 Å². The number of aromatic carboxylic acids is 1. The lowest BCUT2D eigenvalue weighted by Gasteiger charge is -2.16. The van der Waals surface area contributed by atoms with Crippen molar-refractivity contribution in [3.63, 3.8) is 0 Å². The van der Waals surface area contributed by atoms with Crippen LogP contribution in [0, 0.1) is 5.92 Å². The first kappa shape index (κ1) is 18.6. The van der Waals surface area contributed by atoms with E-state index in [0.29, 0.717) is 17.9 Å². The van der Waals surface area contributed by atoms with E-state index < -0.39 is 5.97 Å². The van der Waals surface area contributed by atoms with Crippen LogP contribution in [0.3, 0.4) is 0 Å². The molecule has 0 saturated heterocycles. The fourth-order valence-electron chi connectivity index (χ4n) is 2.99. The maximum absolute atomic E-state index is 11.2. The zero-order valence-corrected chi connectivity index (χ0v) is 15.5. The highest BCUT2D eigenvalue weighted by Crippen LogP contribution is 2.20. The first-order valence-corrected chi connectivity index (χ1v) is 9.00. The van der Waals surface area contributed by atoms with Gasteiger partial charge in [0, 0.05) is 6.20 Å². The predicted octanol–water partition coefficient (Wildman–Crippen LogP) is 3.99. The van der Waals surface area contributed by atoms with Crippen LogP contribution in [0.25, 0.3) is 11.4 Å². The zero-order chi connectivity index (χ0) is 19.2. The molecular weight excluding hydrogens is 342 g/mol. The molecule has 27 heavy (non-hydrogen) atoms. The van der Waals surface area contributed by atoms with Gasteiger partial charge in [0.15, 0.2) is 0 Å². The molecule has 0 aliphatic heterocycles. The second-order valence-corrected chi connectivity index (χ2v) is 6.61. The number of carbonyl (C=O) groups is 1. The summed E-state index contributed by atoms with van der Waals surface area (Å²) in [5, 5.41) is 16.0. The summed E-state index contributed by atoms with van der Waals surface area (Å²) >= 11 is 0. The van der Waals surface area contributed by atoms with Crippen LogP contribution in [0.2, 0.25) is 0 Å². The molecule has 6 nitrogen and oxygen atoms in total. The van der Waals surface area contributed by atoms with Crippen LogP contribution in [0.15, 0.2) is 48.8 Å². The molecule has 0 amide bonds. The SMILES string of the molecule is CCc1ccc(C(=O)O)cc1CC(C)COc1ccc(-c2ccn[nH]2)nc1. The number of nitrogens with one attached hydrogen (secondary N) is 1. The Morgan fingerprint density at radius 3 is 2.70 bits per heavy atom. The number of benzene rings is 1. The number of aromatic amines is 1. The Labute approximate surface area is 158 Å². The minimum Gasteiger partial charge on any atom is -0.492 e. The van der Waals surface area contributed by atoms with E-state index in [9.17, 15) is 9.90 Å². The monoisotopic (exact) mass is 365 g/mol. The van der Waals surface area contributed by atoms with Crippen molar-refractivity contribution >= 4 is 5.97 Å². The maximum Gasteiger partial charge on any atom is 0.335 e. The molecule has 140 valence electrons. The number of rotatable bonds is 8. The lowest BCUT2D eigenvalue weighted by Crippen LogP contribution is -2.13. The van der Waals surface area contributed by atoms with Crippen molar-refractivity contribution in [2.45, 2.75) is 26.7 Å². The number of pyridine rings is 1. The lowest BCUT2D eigenvalue weighted by atomic mass is 9.94. The largest absolute Gasteiger partial charge is 0.492 e. The number of hydrogen-bond acceptors (Lipinski definition) is 4. The number of carboxylic acid groups (broad SMARTS) is 1. The average molecular weight is 365 g/mol. The van der Waals surface area contributed by atoms with E-state index >= 15 is 0 Å². The molecule has 1 atom stereocenters. The number of carboxylic acids is 1. The third-order valence-corrected chi connectivity index (χ3v) is 4.45. The van der Waals surface area contributed by atoms with E-state index in [1.165, 1.54) is 5.56 Å². The van der Waals surface area contributed by atoms with Crippen molar-refractivity contribution in [3.8, 4) is 17.1 Å². The molecule has 0 aliphatic carbocycles. The van der Waals surface area contributed by atoms with Gasteiger partial charge >= 0.3 is 5.97 Å². The first-order valence-electron chi connectivity index (χ1n) is 9.00. The molecule has 3 rings (SSSR count). The van der Waals surface area contributed by atoms with Crippen LogP contribution < -0.4 is 4.74 Å². The quantitative estimate of drug-likeness (QED) is 0.630. The molecule has 1 aromatic carbocycles. The standard InChI is InChI=1S/C21H23N3O3/c1-3-15-4-5-16(21(25)26)11-17(15)10-14(2)13-27-18-6-7-19(22-12-18)20-8-9-23-24-20/h4-9,11-12,14H,3,10,13H2,1-2H3,(H,23,24)(H,25,26). The Morgan fingerprint density at radius 2 is 2.07 bits per heavy atom. The summed E-state index contributed by atoms with van der Waals surface area (Å²) in [6, 6.07) is 11.0. The fourth-order valence-corrected chi connectivity index (χ4v) is 2.99. The smallest absolute Gasteiger partial charge is 0.335 e. The van der Waals surface area contributed by atoms with E-state index in [1.54, 1.807) is 24.5 Å². The molecule has 2 N–H and O–H groups in total. The van der Waals surface area contributed by atoms with E-state index in [2.05, 4.69) is 29.0 Å². The molecule has 0 aliphatic rings. The molecule has 0 saturated carbocycles. The van der Waals surface area contributed by atoms with Crippen LogP contribution in [-0.4, -0.2) is 32.9 Å². The van der Waals surface area contributed by atoms with Gasteiger partial charge in [-0.1, -0.05) is 19.9 Å². The Kier molecular flexibility index (Phi) is 5.86. The Bertz CT molecular complexity index is 890. The Morgan fingerprint density at radius 1 is 1.22 bits per heavy atom. The number of aromatic nitrogens is 3. The first-order chi connectivity index (χ1) is 13.1. The minimum atomic E-state index is -0.897. The minimum absolute atomic E-state index is 0.242. The van der Waals surface area contributed by atoms with Crippen LogP contribution in [0.5, 0.6) is 5.75 Å². The second kappa shape index (κ2) is 8.49. The molecule has 2 heterocycles. The fraction of sp³-hybridized carbons (Fsp3) is 0.286. The highest BCUT2D eigenvalue weighted by atomic mass is 16.5. The molecule has 1 unspecified atom stereocenters. The Hall–Kier alpha value is -3.15. The normalized spacial score (nSPS) is 11.9. The van der Waals surface area contributed by atoms with Gasteiger partial charge in [-0.05, 0) is 60.2 Å². The highest BCUT2D eigenvalue weighted by Gasteiger charge is 2.12. The number of hydrogen-bond donors (Lipinski definition) is 2. The third kappa shape index (κ3) is 4.73. The molecule has 0 radical (unpaired) electrons. The molecule has 0 bridgehead atoms. The molecule has 6 heteroatoms. The third-order valence-electron chi connectivity index (χ3n) is 4.45. The van der Waals surface area contributed by atoms with Crippen LogP contribution in [0.1, 0.15) is 35.3 Å². The summed E-state index contributed by atoms with van der Waals surface area (Å²) in [4.78, 5) is 15.6. The second-order valence-electron chi connectivity index (χ2n) is 6.61. The van der Waals surface area contributed by atoms with E-state index in [-0.39, 0.29) is 5.92 Å². The van der Waals surface area contributed by atoms with E-state index in [1.807, 2.05) is 24.3 Å². The summed E-state index contributed by atoms with van der Waals surface area (Å²) in [6.45, 7) is 4.71. The van der Waals surface area contributed by atoms with Crippen molar-refractivity contribution in [2.24, 2.45) is 5.92 Å². The molecular formula is C21H23N3O3. The topological polar surface area (TPSA) is 88.1 Å². The average Bonchev–Trinajstić information content (AvgIpc) is 3.21. The van der Waals surface area contributed by atoms with Gasteiger partial charge in [-0.3, -0.25) is 10.1 Å².